The highest BCUT2D eigenvalue weighted by Crippen LogP contribution is 2.43. The van der Waals surface area contributed by atoms with Gasteiger partial charge in [0.05, 0.1) is 17.1 Å². The smallest absolute Gasteiger partial charge is 0.406 e. The van der Waals surface area contributed by atoms with Gasteiger partial charge in [0.2, 0.25) is 6.19 Å². The number of fused-ring (bicyclic) bond motifs is 6. The Labute approximate surface area is 250 Å². The summed E-state index contributed by atoms with van der Waals surface area (Å²) in [6.07, 6.45) is -7.41. The van der Waals surface area contributed by atoms with Crippen LogP contribution in [0.4, 0.5) is 26.3 Å². The Kier molecular flexibility index (Phi) is 6.36. The van der Waals surface area contributed by atoms with Gasteiger partial charge in [-0.15, -0.1) is 26.3 Å². The Morgan fingerprint density at radius 1 is 0.622 bits per heavy atom. The summed E-state index contributed by atoms with van der Waals surface area (Å²) in [6.45, 7) is 0. The van der Waals surface area contributed by atoms with Gasteiger partial charge in [0.15, 0.2) is 0 Å². The SMILES string of the molecule is N#CN=C1c2cc(-c3cccc(OC(F)(F)F)c3)ccc2-c2nc3c(nc21)-c1ccc(-c2cccc(OC(F)(F)F)c2)cc1C3. The summed E-state index contributed by atoms with van der Waals surface area (Å²) in [5, 5.41) is 9.50. The molecule has 2 aliphatic rings. The maximum Gasteiger partial charge on any atom is 0.573 e. The first-order chi connectivity index (χ1) is 21.5. The molecule has 0 unspecified atom stereocenters. The second-order valence-electron chi connectivity index (χ2n) is 10.2. The van der Waals surface area contributed by atoms with E-state index in [1.165, 1.54) is 36.4 Å². The number of hydrogen-bond donors (Lipinski definition) is 0. The number of alkyl halides is 6. The number of nitrogens with zero attached hydrogens (tertiary/aromatic N) is 4. The zero-order valence-electron chi connectivity index (χ0n) is 22.7. The van der Waals surface area contributed by atoms with Crippen molar-refractivity contribution < 1.29 is 35.8 Å². The molecule has 0 saturated heterocycles. The molecule has 1 aromatic heterocycles. The lowest BCUT2D eigenvalue weighted by Gasteiger charge is -2.11. The van der Waals surface area contributed by atoms with E-state index in [2.05, 4.69) is 14.5 Å². The fourth-order valence-corrected chi connectivity index (χ4v) is 5.66. The lowest BCUT2D eigenvalue weighted by Crippen LogP contribution is -2.17. The quantitative estimate of drug-likeness (QED) is 0.147. The average molecular weight is 615 g/mol. The van der Waals surface area contributed by atoms with Crippen LogP contribution in [-0.4, -0.2) is 28.4 Å². The van der Waals surface area contributed by atoms with Gasteiger partial charge in [-0.05, 0) is 58.1 Å². The van der Waals surface area contributed by atoms with E-state index in [0.717, 1.165) is 11.1 Å². The van der Waals surface area contributed by atoms with E-state index in [9.17, 15) is 31.6 Å². The molecule has 4 aromatic carbocycles. The van der Waals surface area contributed by atoms with Crippen LogP contribution < -0.4 is 9.47 Å². The highest BCUT2D eigenvalue weighted by atomic mass is 19.4. The molecular weight excluding hydrogens is 598 g/mol. The van der Waals surface area contributed by atoms with Crippen LogP contribution >= 0.6 is 0 Å². The Morgan fingerprint density at radius 3 is 1.80 bits per heavy atom. The van der Waals surface area contributed by atoms with Crippen molar-refractivity contribution in [2.24, 2.45) is 4.99 Å². The van der Waals surface area contributed by atoms with Crippen LogP contribution in [0.1, 0.15) is 22.5 Å². The standard InChI is InChI=1S/C33H16F6N4O2/c34-32(35,36)44-22-5-1-3-17(12-22)19-7-9-24-21(11-19)15-27-28(24)43-31-29(41-16-40)26-14-20(8-10-25(26)30(31)42-27)18-4-2-6-23(13-18)45-33(37,38)39/h1-14H,15H2. The minimum atomic E-state index is -4.83. The summed E-state index contributed by atoms with van der Waals surface area (Å²) in [5.41, 5.74) is 7.66. The first-order valence-electron chi connectivity index (χ1n) is 13.3. The van der Waals surface area contributed by atoms with Gasteiger partial charge in [-0.25, -0.2) is 9.97 Å². The van der Waals surface area contributed by atoms with E-state index in [4.69, 9.17) is 9.97 Å². The summed E-state index contributed by atoms with van der Waals surface area (Å²) in [6, 6.07) is 22.0. The molecule has 12 heteroatoms. The molecule has 0 radical (unpaired) electrons. The molecule has 6 nitrogen and oxygen atoms in total. The van der Waals surface area contributed by atoms with Crippen molar-refractivity contribution in [1.82, 2.24) is 9.97 Å². The molecule has 2 aliphatic carbocycles. The van der Waals surface area contributed by atoms with E-state index >= 15 is 0 Å². The van der Waals surface area contributed by atoms with Crippen molar-refractivity contribution in [3.63, 3.8) is 0 Å². The van der Waals surface area contributed by atoms with Crippen LogP contribution in [0, 0.1) is 11.5 Å². The van der Waals surface area contributed by atoms with Gasteiger partial charge >= 0.3 is 12.7 Å². The summed E-state index contributed by atoms with van der Waals surface area (Å²) >= 11 is 0. The molecule has 0 aliphatic heterocycles. The predicted octanol–water partition coefficient (Wildman–Crippen LogP) is 8.48. The molecule has 1 heterocycles. The van der Waals surface area contributed by atoms with Gasteiger partial charge in [0.1, 0.15) is 22.9 Å². The number of nitriles is 1. The summed E-state index contributed by atoms with van der Waals surface area (Å²) in [4.78, 5) is 13.8. The van der Waals surface area contributed by atoms with Gasteiger partial charge in [-0.3, -0.25) is 0 Å². The third kappa shape index (κ3) is 5.33. The lowest BCUT2D eigenvalue weighted by molar-refractivity contribution is -0.275. The number of benzene rings is 4. The van der Waals surface area contributed by atoms with Crippen LogP contribution in [0.5, 0.6) is 11.5 Å². The molecule has 45 heavy (non-hydrogen) atoms. The average Bonchev–Trinajstić information content (AvgIpc) is 3.48. The molecule has 0 N–H and O–H groups in total. The summed E-state index contributed by atoms with van der Waals surface area (Å²) in [7, 11) is 0. The third-order valence-electron chi connectivity index (χ3n) is 7.40. The van der Waals surface area contributed by atoms with E-state index in [-0.39, 0.29) is 17.2 Å². The molecule has 0 saturated carbocycles. The summed E-state index contributed by atoms with van der Waals surface area (Å²) < 4.78 is 84.7. The minimum absolute atomic E-state index is 0.286. The van der Waals surface area contributed by atoms with Gasteiger partial charge in [-0.2, -0.15) is 10.3 Å². The number of hydrogen-bond acceptors (Lipinski definition) is 6. The highest BCUT2D eigenvalue weighted by Gasteiger charge is 2.34. The molecule has 222 valence electrons. The van der Waals surface area contributed by atoms with Crippen molar-refractivity contribution in [3.8, 4) is 62.5 Å². The number of ether oxygens (including phenoxy) is 2. The zero-order valence-corrected chi connectivity index (χ0v) is 22.7. The molecular formula is C33H16F6N4O2. The molecule has 0 bridgehead atoms. The minimum Gasteiger partial charge on any atom is -0.406 e. The van der Waals surface area contributed by atoms with Crippen molar-refractivity contribution in [3.05, 3.63) is 107 Å². The second-order valence-corrected chi connectivity index (χ2v) is 10.2. The fourth-order valence-electron chi connectivity index (χ4n) is 5.66. The van der Waals surface area contributed by atoms with Crippen LogP contribution in [0.2, 0.25) is 0 Å². The van der Waals surface area contributed by atoms with Gasteiger partial charge in [0.25, 0.3) is 0 Å². The topological polar surface area (TPSA) is 80.4 Å². The molecule has 0 atom stereocenters. The first kappa shape index (κ1) is 28.1. The second kappa shape index (κ2) is 10.2. The van der Waals surface area contributed by atoms with Crippen molar-refractivity contribution >= 4 is 5.71 Å². The normalized spacial score (nSPS) is 13.9. The molecule has 7 rings (SSSR count). The van der Waals surface area contributed by atoms with Crippen LogP contribution in [0.15, 0.2) is 89.9 Å². The number of aromatic nitrogens is 2. The maximum atomic E-state index is 12.8. The van der Waals surface area contributed by atoms with Gasteiger partial charge in [-0.1, -0.05) is 54.6 Å². The van der Waals surface area contributed by atoms with Gasteiger partial charge < -0.3 is 9.47 Å². The maximum absolute atomic E-state index is 12.8. The Balaban J connectivity index is 1.23. The third-order valence-corrected chi connectivity index (χ3v) is 7.40. The van der Waals surface area contributed by atoms with E-state index < -0.39 is 12.7 Å². The molecule has 0 amide bonds. The van der Waals surface area contributed by atoms with E-state index in [1.807, 2.05) is 18.3 Å². The lowest BCUT2D eigenvalue weighted by atomic mass is 9.99. The Bertz CT molecular complexity index is 2100. The molecule has 0 spiro atoms. The van der Waals surface area contributed by atoms with E-state index in [0.29, 0.717) is 62.6 Å². The van der Waals surface area contributed by atoms with Crippen molar-refractivity contribution in [1.29, 1.82) is 5.26 Å². The largest absolute Gasteiger partial charge is 0.573 e. The van der Waals surface area contributed by atoms with E-state index in [1.54, 1.807) is 36.4 Å². The van der Waals surface area contributed by atoms with Crippen LogP contribution in [0.3, 0.4) is 0 Å². The predicted molar refractivity (Wildman–Crippen MR) is 151 cm³/mol. The Morgan fingerprint density at radius 2 is 1.20 bits per heavy atom. The zero-order chi connectivity index (χ0) is 31.5. The van der Waals surface area contributed by atoms with Gasteiger partial charge in [0, 0.05) is 23.1 Å². The fraction of sp³-hybridized carbons (Fsp3) is 0.0909. The highest BCUT2D eigenvalue weighted by molar-refractivity contribution is 6.23. The van der Waals surface area contributed by atoms with Crippen LogP contribution in [-0.2, 0) is 6.42 Å². The van der Waals surface area contributed by atoms with Crippen molar-refractivity contribution in [2.75, 3.05) is 0 Å². The Hall–Kier alpha value is -5.70. The van der Waals surface area contributed by atoms with Crippen molar-refractivity contribution in [2.45, 2.75) is 19.1 Å². The number of rotatable bonds is 4. The molecule has 0 fully saturated rings. The summed E-state index contributed by atoms with van der Waals surface area (Å²) in [5.74, 6) is -0.685. The number of halogens is 6. The van der Waals surface area contributed by atoms with Crippen LogP contribution in [0.25, 0.3) is 44.8 Å². The molecule has 5 aromatic rings. The first-order valence-corrected chi connectivity index (χ1v) is 13.3. The number of aliphatic imine (C=N–C) groups is 1. The monoisotopic (exact) mass is 614 g/mol.